The summed E-state index contributed by atoms with van der Waals surface area (Å²) < 4.78 is 25.4. The van der Waals surface area contributed by atoms with Crippen LogP contribution in [0.4, 0.5) is 4.39 Å². The van der Waals surface area contributed by atoms with E-state index in [1.54, 1.807) is 17.4 Å². The van der Waals surface area contributed by atoms with E-state index in [2.05, 4.69) is 67.1 Å². The van der Waals surface area contributed by atoms with Gasteiger partial charge in [0.25, 0.3) is 5.01 Å². The predicted octanol–water partition coefficient (Wildman–Crippen LogP) is 9.07. The molecule has 0 N–H and O–H groups in total. The van der Waals surface area contributed by atoms with Gasteiger partial charge in [-0.2, -0.15) is 4.57 Å². The Morgan fingerprint density at radius 3 is 2.03 bits per heavy atom. The lowest BCUT2D eigenvalue weighted by molar-refractivity contribution is -0.629. The molecule has 2 heterocycles. The fraction of sp³-hybridized carbons (Fsp3) is 0.0606. The number of hydrogen-bond acceptors (Lipinski definition) is 2. The fourth-order valence-electron chi connectivity index (χ4n) is 5.29. The molecular formula is C33H23FNOS+. The molecule has 2 aromatic heterocycles. The third-order valence-corrected chi connectivity index (χ3v) is 8.44. The van der Waals surface area contributed by atoms with Crippen molar-refractivity contribution in [2.24, 2.45) is 7.05 Å². The molecule has 0 atom stereocenters. The molecule has 7 aromatic rings. The predicted molar refractivity (Wildman–Crippen MR) is 151 cm³/mol. The highest BCUT2D eigenvalue weighted by Crippen LogP contribution is 2.43. The van der Waals surface area contributed by atoms with Gasteiger partial charge in [0.15, 0.2) is 5.58 Å². The highest BCUT2D eigenvalue weighted by Gasteiger charge is 2.26. The quantitative estimate of drug-likeness (QED) is 0.221. The molecule has 4 heteroatoms. The van der Waals surface area contributed by atoms with E-state index in [9.17, 15) is 0 Å². The fourth-order valence-corrected chi connectivity index (χ4v) is 6.55. The molecule has 0 radical (unpaired) electrons. The highest BCUT2D eigenvalue weighted by atomic mass is 32.1. The van der Waals surface area contributed by atoms with Crippen LogP contribution in [0.15, 0.2) is 108 Å². The van der Waals surface area contributed by atoms with E-state index < -0.39 is 0 Å². The summed E-state index contributed by atoms with van der Waals surface area (Å²) in [7, 11) is 2.09. The van der Waals surface area contributed by atoms with Gasteiger partial charge in [-0.15, -0.1) is 0 Å². The van der Waals surface area contributed by atoms with Gasteiger partial charge in [-0.1, -0.05) is 90.2 Å². The number of aromatic nitrogens is 1. The molecule has 5 aromatic carbocycles. The number of halogens is 1. The maximum Gasteiger partial charge on any atom is 0.273 e. The Bertz CT molecular complexity index is 1950. The molecule has 0 aliphatic heterocycles. The summed E-state index contributed by atoms with van der Waals surface area (Å²) in [5, 5.41) is 3.04. The second-order valence-electron chi connectivity index (χ2n) is 9.41. The number of thiazole rings is 1. The second kappa shape index (κ2) is 8.39. The Kier molecular flexibility index (Phi) is 4.98. The maximum atomic E-state index is 15.4. The summed E-state index contributed by atoms with van der Waals surface area (Å²) in [6.07, 6.45) is 0. The molecule has 0 fully saturated rings. The van der Waals surface area contributed by atoms with Crippen LogP contribution < -0.4 is 4.57 Å². The van der Waals surface area contributed by atoms with Crippen molar-refractivity contribution in [3.63, 3.8) is 0 Å². The summed E-state index contributed by atoms with van der Waals surface area (Å²) in [5.41, 5.74) is 8.27. The smallest absolute Gasteiger partial charge is 0.273 e. The van der Waals surface area contributed by atoms with E-state index in [4.69, 9.17) is 4.42 Å². The lowest BCUT2D eigenvalue weighted by atomic mass is 9.98. The molecule has 0 amide bonds. The molecule has 7 rings (SSSR count). The second-order valence-corrected chi connectivity index (χ2v) is 10.4. The number of furan rings is 1. The number of rotatable bonds is 3. The van der Waals surface area contributed by atoms with E-state index in [0.29, 0.717) is 11.1 Å². The van der Waals surface area contributed by atoms with Crippen molar-refractivity contribution in [3.8, 4) is 32.8 Å². The first-order chi connectivity index (χ1) is 18.1. The van der Waals surface area contributed by atoms with Crippen LogP contribution in [0, 0.1) is 12.7 Å². The first kappa shape index (κ1) is 22.0. The normalized spacial score (nSPS) is 11.6. The van der Waals surface area contributed by atoms with Crippen LogP contribution >= 0.6 is 11.3 Å². The third-order valence-electron chi connectivity index (χ3n) is 7.20. The molecule has 0 bridgehead atoms. The number of benzene rings is 5. The average Bonchev–Trinajstić information content (AvgIpc) is 3.47. The number of para-hydroxylation sites is 1. The van der Waals surface area contributed by atoms with Gasteiger partial charge in [0.05, 0.1) is 5.56 Å². The van der Waals surface area contributed by atoms with Crippen LogP contribution in [-0.4, -0.2) is 0 Å². The third kappa shape index (κ3) is 3.40. The minimum absolute atomic E-state index is 0.287. The van der Waals surface area contributed by atoms with Crippen LogP contribution in [0.5, 0.6) is 0 Å². The zero-order chi connectivity index (χ0) is 25.1. The van der Waals surface area contributed by atoms with Crippen LogP contribution in [0.2, 0.25) is 0 Å². The molecule has 0 aliphatic rings. The summed E-state index contributed by atoms with van der Waals surface area (Å²) >= 11 is 1.75. The van der Waals surface area contributed by atoms with E-state index in [1.165, 1.54) is 10.2 Å². The summed E-state index contributed by atoms with van der Waals surface area (Å²) in [6.45, 7) is 2.11. The lowest BCUT2D eigenvalue weighted by Gasteiger charge is -2.07. The molecular weight excluding hydrogens is 477 g/mol. The largest absolute Gasteiger partial charge is 0.454 e. The van der Waals surface area contributed by atoms with Gasteiger partial charge in [-0.05, 0) is 47.4 Å². The SMILES string of the molecule is Cc1ccc2c(oc3c(-c4ccc(-c5ccccc5)cc4)c(F)ccc32)c1-c1sc2ccccc2[n+]1C. The van der Waals surface area contributed by atoms with Gasteiger partial charge in [-0.25, -0.2) is 4.39 Å². The van der Waals surface area contributed by atoms with Crippen LogP contribution in [0.25, 0.3) is 65.0 Å². The lowest BCUT2D eigenvalue weighted by Crippen LogP contribution is -2.28. The Morgan fingerprint density at radius 2 is 1.27 bits per heavy atom. The van der Waals surface area contributed by atoms with Crippen molar-refractivity contribution in [2.75, 3.05) is 0 Å². The number of nitrogens with zero attached hydrogens (tertiary/aromatic N) is 1. The number of fused-ring (bicyclic) bond motifs is 4. The van der Waals surface area contributed by atoms with Gasteiger partial charge in [0, 0.05) is 16.8 Å². The topological polar surface area (TPSA) is 17.0 Å². The standard InChI is InChI=1S/C33H23FNOS/c1-20-12-17-24-25-18-19-26(34)30(23-15-13-22(14-16-23)21-8-4-3-5-9-21)32(25)36-31(24)29(20)33-35(2)27-10-6-7-11-28(27)37-33/h3-19H,1-2H3/q+1. The van der Waals surface area contributed by atoms with Crippen molar-refractivity contribution < 1.29 is 13.4 Å². The molecule has 0 aliphatic carbocycles. The van der Waals surface area contributed by atoms with E-state index in [1.807, 2.05) is 48.5 Å². The monoisotopic (exact) mass is 500 g/mol. The van der Waals surface area contributed by atoms with Gasteiger partial charge < -0.3 is 4.42 Å². The summed E-state index contributed by atoms with van der Waals surface area (Å²) in [4.78, 5) is 0. The summed E-state index contributed by atoms with van der Waals surface area (Å²) in [6, 6.07) is 34.3. The first-order valence-electron chi connectivity index (χ1n) is 12.3. The van der Waals surface area contributed by atoms with Crippen LogP contribution in [0.1, 0.15) is 5.56 Å². The molecule has 0 saturated carbocycles. The molecule has 37 heavy (non-hydrogen) atoms. The van der Waals surface area contributed by atoms with Crippen molar-refractivity contribution >= 4 is 43.5 Å². The van der Waals surface area contributed by atoms with E-state index in [-0.39, 0.29) is 5.82 Å². The minimum atomic E-state index is -0.287. The van der Waals surface area contributed by atoms with E-state index in [0.717, 1.165) is 49.2 Å². The molecule has 0 saturated heterocycles. The zero-order valence-corrected chi connectivity index (χ0v) is 21.3. The Morgan fingerprint density at radius 1 is 0.649 bits per heavy atom. The van der Waals surface area contributed by atoms with Crippen molar-refractivity contribution in [1.82, 2.24) is 0 Å². The van der Waals surface area contributed by atoms with Gasteiger partial charge in [0.1, 0.15) is 28.7 Å². The van der Waals surface area contributed by atoms with Crippen molar-refractivity contribution in [1.29, 1.82) is 0 Å². The van der Waals surface area contributed by atoms with Gasteiger partial charge >= 0.3 is 0 Å². The van der Waals surface area contributed by atoms with E-state index >= 15 is 4.39 Å². The number of aryl methyl sites for hydroxylation is 2. The first-order valence-corrected chi connectivity index (χ1v) is 13.1. The zero-order valence-electron chi connectivity index (χ0n) is 20.5. The van der Waals surface area contributed by atoms with Crippen LogP contribution in [-0.2, 0) is 7.05 Å². The van der Waals surface area contributed by atoms with Crippen molar-refractivity contribution in [2.45, 2.75) is 6.92 Å². The Balaban J connectivity index is 1.46. The highest BCUT2D eigenvalue weighted by molar-refractivity contribution is 7.21. The van der Waals surface area contributed by atoms with Gasteiger partial charge in [-0.3, -0.25) is 0 Å². The minimum Gasteiger partial charge on any atom is -0.454 e. The maximum absolute atomic E-state index is 15.4. The van der Waals surface area contributed by atoms with Crippen molar-refractivity contribution in [3.05, 3.63) is 115 Å². The Hall–Kier alpha value is -4.28. The number of hydrogen-bond donors (Lipinski definition) is 0. The van der Waals surface area contributed by atoms with Gasteiger partial charge in [0.2, 0.25) is 5.52 Å². The van der Waals surface area contributed by atoms with Crippen LogP contribution in [0.3, 0.4) is 0 Å². The molecule has 2 nitrogen and oxygen atoms in total. The molecule has 0 spiro atoms. The molecule has 0 unspecified atom stereocenters. The summed E-state index contributed by atoms with van der Waals surface area (Å²) in [5.74, 6) is -0.287. The molecule has 178 valence electrons. The Labute approximate surface area is 217 Å². The average molecular weight is 501 g/mol.